The van der Waals surface area contributed by atoms with Crippen LogP contribution >= 0.6 is 0 Å². The van der Waals surface area contributed by atoms with E-state index in [9.17, 15) is 8.78 Å². The van der Waals surface area contributed by atoms with Crippen molar-refractivity contribution < 1.29 is 8.78 Å². The maximum Gasteiger partial charge on any atom is 0.159 e. The number of hydrogen-bond donors (Lipinski definition) is 1. The lowest BCUT2D eigenvalue weighted by Crippen LogP contribution is -2.31. The molecule has 92 valence electrons. The smallest absolute Gasteiger partial charge is 0.159 e. The number of rotatable bonds is 3. The predicted molar refractivity (Wildman–Crippen MR) is 62.4 cm³/mol. The first-order valence-electron chi connectivity index (χ1n) is 6.26. The molecule has 2 aliphatic rings. The van der Waals surface area contributed by atoms with Gasteiger partial charge in [-0.1, -0.05) is 6.07 Å². The van der Waals surface area contributed by atoms with Crippen LogP contribution in [0.3, 0.4) is 0 Å². The average molecular weight is 237 g/mol. The molecule has 2 fully saturated rings. The SMILES string of the molecule is NCC1(Cc2ccc(F)c(F)c2)CC2CC2C1. The van der Waals surface area contributed by atoms with Gasteiger partial charge in [0.15, 0.2) is 11.6 Å². The Hall–Kier alpha value is -0.960. The number of nitrogens with two attached hydrogens (primary N) is 1. The lowest BCUT2D eigenvalue weighted by Gasteiger charge is -2.29. The van der Waals surface area contributed by atoms with Gasteiger partial charge < -0.3 is 5.73 Å². The Morgan fingerprint density at radius 3 is 2.47 bits per heavy atom. The van der Waals surface area contributed by atoms with Crippen LogP contribution in [0.25, 0.3) is 0 Å². The van der Waals surface area contributed by atoms with Gasteiger partial charge >= 0.3 is 0 Å². The van der Waals surface area contributed by atoms with Crippen LogP contribution in [-0.2, 0) is 6.42 Å². The van der Waals surface area contributed by atoms with Gasteiger partial charge in [-0.2, -0.15) is 0 Å². The summed E-state index contributed by atoms with van der Waals surface area (Å²) in [7, 11) is 0. The molecule has 0 amide bonds. The predicted octanol–water partition coefficient (Wildman–Crippen LogP) is 2.88. The molecule has 17 heavy (non-hydrogen) atoms. The van der Waals surface area contributed by atoms with Crippen LogP contribution in [0.15, 0.2) is 18.2 Å². The van der Waals surface area contributed by atoms with Crippen LogP contribution in [0, 0.1) is 28.9 Å². The van der Waals surface area contributed by atoms with Crippen LogP contribution in [0.2, 0.25) is 0 Å². The Bertz CT molecular complexity index is 434. The monoisotopic (exact) mass is 237 g/mol. The summed E-state index contributed by atoms with van der Waals surface area (Å²) < 4.78 is 26.0. The van der Waals surface area contributed by atoms with Crippen molar-refractivity contribution >= 4 is 0 Å². The van der Waals surface area contributed by atoms with Crippen molar-refractivity contribution in [3.05, 3.63) is 35.4 Å². The first kappa shape index (κ1) is 11.1. The van der Waals surface area contributed by atoms with E-state index >= 15 is 0 Å². The molecule has 3 rings (SSSR count). The van der Waals surface area contributed by atoms with E-state index in [1.807, 2.05) is 0 Å². The van der Waals surface area contributed by atoms with E-state index in [0.717, 1.165) is 36.7 Å². The third kappa shape index (κ3) is 1.97. The number of fused-ring (bicyclic) bond motifs is 1. The summed E-state index contributed by atoms with van der Waals surface area (Å²) in [4.78, 5) is 0. The second-order valence-corrected chi connectivity index (χ2v) is 5.79. The fourth-order valence-electron chi connectivity index (χ4n) is 3.47. The van der Waals surface area contributed by atoms with E-state index in [1.54, 1.807) is 6.07 Å². The molecular formula is C14H17F2N. The van der Waals surface area contributed by atoms with Gasteiger partial charge in [0, 0.05) is 0 Å². The Morgan fingerprint density at radius 2 is 1.88 bits per heavy atom. The van der Waals surface area contributed by atoms with Crippen molar-refractivity contribution in [1.82, 2.24) is 0 Å². The van der Waals surface area contributed by atoms with E-state index in [0.29, 0.717) is 6.54 Å². The number of hydrogen-bond acceptors (Lipinski definition) is 1. The molecule has 0 heterocycles. The summed E-state index contributed by atoms with van der Waals surface area (Å²) in [5.74, 6) is 0.176. The zero-order chi connectivity index (χ0) is 12.0. The van der Waals surface area contributed by atoms with Crippen molar-refractivity contribution in [3.8, 4) is 0 Å². The largest absolute Gasteiger partial charge is 0.330 e. The molecule has 2 saturated carbocycles. The van der Waals surface area contributed by atoms with Crippen molar-refractivity contribution in [2.45, 2.75) is 25.7 Å². The fourth-order valence-corrected chi connectivity index (χ4v) is 3.47. The quantitative estimate of drug-likeness (QED) is 0.859. The molecule has 0 saturated heterocycles. The van der Waals surface area contributed by atoms with E-state index in [2.05, 4.69) is 0 Å². The highest BCUT2D eigenvalue weighted by molar-refractivity contribution is 5.21. The lowest BCUT2D eigenvalue weighted by molar-refractivity contribution is 0.272. The second kappa shape index (κ2) is 3.77. The minimum absolute atomic E-state index is 0.137. The van der Waals surface area contributed by atoms with E-state index in [1.165, 1.54) is 18.6 Å². The molecule has 2 N–H and O–H groups in total. The third-order valence-corrected chi connectivity index (χ3v) is 4.46. The van der Waals surface area contributed by atoms with Gasteiger partial charge in [-0.3, -0.25) is 0 Å². The topological polar surface area (TPSA) is 26.0 Å². The normalized spacial score (nSPS) is 34.8. The number of benzene rings is 1. The molecule has 2 atom stereocenters. The van der Waals surface area contributed by atoms with E-state index < -0.39 is 11.6 Å². The van der Waals surface area contributed by atoms with Gasteiger partial charge in [0.1, 0.15) is 0 Å². The molecule has 0 radical (unpaired) electrons. The third-order valence-electron chi connectivity index (χ3n) is 4.46. The summed E-state index contributed by atoms with van der Waals surface area (Å²) in [5.41, 5.74) is 6.91. The van der Waals surface area contributed by atoms with Gasteiger partial charge in [-0.05, 0) is 67.2 Å². The van der Waals surface area contributed by atoms with Gasteiger partial charge in [-0.15, -0.1) is 0 Å². The summed E-state index contributed by atoms with van der Waals surface area (Å²) in [5, 5.41) is 0. The highest BCUT2D eigenvalue weighted by Gasteiger charge is 2.52. The molecule has 3 heteroatoms. The first-order chi connectivity index (χ1) is 8.12. The molecule has 1 aromatic rings. The van der Waals surface area contributed by atoms with Crippen LogP contribution in [-0.4, -0.2) is 6.54 Å². The molecule has 0 aromatic heterocycles. The summed E-state index contributed by atoms with van der Waals surface area (Å²) in [6.07, 6.45) is 4.45. The van der Waals surface area contributed by atoms with Crippen molar-refractivity contribution in [3.63, 3.8) is 0 Å². The molecule has 2 unspecified atom stereocenters. The van der Waals surface area contributed by atoms with Crippen LogP contribution in [0.1, 0.15) is 24.8 Å². The van der Waals surface area contributed by atoms with Crippen molar-refractivity contribution in [2.75, 3.05) is 6.54 Å². The lowest BCUT2D eigenvalue weighted by atomic mass is 9.77. The van der Waals surface area contributed by atoms with Crippen LogP contribution < -0.4 is 5.73 Å². The molecule has 0 spiro atoms. The Kier molecular flexibility index (Phi) is 2.47. The van der Waals surface area contributed by atoms with Crippen molar-refractivity contribution in [1.29, 1.82) is 0 Å². The minimum atomic E-state index is -0.773. The van der Waals surface area contributed by atoms with Gasteiger partial charge in [0.05, 0.1) is 0 Å². The Balaban J connectivity index is 1.78. The van der Waals surface area contributed by atoms with Crippen LogP contribution in [0.5, 0.6) is 0 Å². The summed E-state index contributed by atoms with van der Waals surface area (Å²) in [6, 6.07) is 4.21. The molecule has 0 aliphatic heterocycles. The fraction of sp³-hybridized carbons (Fsp3) is 0.571. The van der Waals surface area contributed by atoms with E-state index in [-0.39, 0.29) is 5.41 Å². The molecular weight excluding hydrogens is 220 g/mol. The highest BCUT2D eigenvalue weighted by Crippen LogP contribution is 2.60. The van der Waals surface area contributed by atoms with Gasteiger partial charge in [0.25, 0.3) is 0 Å². The van der Waals surface area contributed by atoms with Crippen LogP contribution in [0.4, 0.5) is 8.78 Å². The maximum absolute atomic E-state index is 13.2. The van der Waals surface area contributed by atoms with Gasteiger partial charge in [0.2, 0.25) is 0 Å². The zero-order valence-electron chi connectivity index (χ0n) is 9.76. The molecule has 2 aliphatic carbocycles. The van der Waals surface area contributed by atoms with Gasteiger partial charge in [-0.25, -0.2) is 8.78 Å². The standard InChI is InChI=1S/C14H17F2N/c15-12-2-1-9(3-13(12)16)5-14(8-17)6-10-4-11(10)7-14/h1-3,10-11H,4-8,17H2. The number of halogens is 2. The van der Waals surface area contributed by atoms with E-state index in [4.69, 9.17) is 5.73 Å². The molecule has 1 aromatic carbocycles. The molecule has 1 nitrogen and oxygen atoms in total. The molecule has 0 bridgehead atoms. The zero-order valence-corrected chi connectivity index (χ0v) is 9.76. The van der Waals surface area contributed by atoms with Crippen molar-refractivity contribution in [2.24, 2.45) is 23.0 Å². The average Bonchev–Trinajstić information content (AvgIpc) is 2.93. The first-order valence-corrected chi connectivity index (χ1v) is 6.26. The maximum atomic E-state index is 13.2. The minimum Gasteiger partial charge on any atom is -0.330 e. The Labute approximate surface area is 100 Å². The Morgan fingerprint density at radius 1 is 1.18 bits per heavy atom. The summed E-state index contributed by atoms with van der Waals surface area (Å²) >= 11 is 0. The second-order valence-electron chi connectivity index (χ2n) is 5.79. The highest BCUT2D eigenvalue weighted by atomic mass is 19.2. The summed E-state index contributed by atoms with van der Waals surface area (Å²) in [6.45, 7) is 0.652.